The summed E-state index contributed by atoms with van der Waals surface area (Å²) in [4.78, 5) is 2.70. The van der Waals surface area contributed by atoms with Gasteiger partial charge in [0.15, 0.2) is 0 Å². The molecule has 0 aromatic carbocycles. The van der Waals surface area contributed by atoms with Crippen molar-refractivity contribution in [3.8, 4) is 0 Å². The molecule has 2 heterocycles. The third-order valence-electron chi connectivity index (χ3n) is 5.21. The molecule has 3 heteroatoms. The largest absolute Gasteiger partial charge is 0.381 e. The highest BCUT2D eigenvalue weighted by atomic mass is 79.9. The van der Waals surface area contributed by atoms with Crippen LogP contribution in [0.2, 0.25) is 0 Å². The van der Waals surface area contributed by atoms with Gasteiger partial charge in [-0.3, -0.25) is 0 Å². The van der Waals surface area contributed by atoms with Crippen LogP contribution < -0.4 is 0 Å². The highest BCUT2D eigenvalue weighted by molar-refractivity contribution is 9.09. The van der Waals surface area contributed by atoms with Crippen LogP contribution in [0.5, 0.6) is 0 Å². The van der Waals surface area contributed by atoms with Crippen molar-refractivity contribution in [3.05, 3.63) is 0 Å². The molecule has 0 aliphatic carbocycles. The van der Waals surface area contributed by atoms with Gasteiger partial charge in [0, 0.05) is 25.1 Å². The number of ether oxygens (including phenoxy) is 1. The SMILES string of the molecule is CC(C)(C)C1CCN(CC2(CBr)CCOCC2)CC1. The van der Waals surface area contributed by atoms with E-state index in [9.17, 15) is 0 Å². The van der Waals surface area contributed by atoms with Gasteiger partial charge in [-0.15, -0.1) is 0 Å². The molecule has 0 saturated carbocycles. The fourth-order valence-corrected chi connectivity index (χ4v) is 4.31. The number of nitrogens with zero attached hydrogens (tertiary/aromatic N) is 1. The first-order chi connectivity index (χ1) is 8.95. The lowest BCUT2D eigenvalue weighted by Crippen LogP contribution is -2.46. The third kappa shape index (κ3) is 4.18. The summed E-state index contributed by atoms with van der Waals surface area (Å²) in [6, 6.07) is 0. The molecule has 0 spiro atoms. The van der Waals surface area contributed by atoms with E-state index in [1.165, 1.54) is 45.3 Å². The molecule has 0 unspecified atom stereocenters. The molecule has 0 aromatic heterocycles. The Kier molecular flexibility index (Phi) is 5.35. The van der Waals surface area contributed by atoms with E-state index in [2.05, 4.69) is 41.6 Å². The number of hydrogen-bond donors (Lipinski definition) is 0. The smallest absolute Gasteiger partial charge is 0.0472 e. The molecular weight excluding hydrogens is 302 g/mol. The molecule has 19 heavy (non-hydrogen) atoms. The van der Waals surface area contributed by atoms with Crippen molar-refractivity contribution in [2.45, 2.75) is 46.5 Å². The van der Waals surface area contributed by atoms with Gasteiger partial charge in [0.1, 0.15) is 0 Å². The van der Waals surface area contributed by atoms with E-state index in [-0.39, 0.29) is 0 Å². The van der Waals surface area contributed by atoms with Crippen molar-refractivity contribution in [1.82, 2.24) is 4.90 Å². The minimum absolute atomic E-state index is 0.465. The minimum atomic E-state index is 0.465. The van der Waals surface area contributed by atoms with E-state index in [0.29, 0.717) is 10.8 Å². The molecular formula is C16H30BrNO. The van der Waals surface area contributed by atoms with E-state index < -0.39 is 0 Å². The summed E-state index contributed by atoms with van der Waals surface area (Å²) >= 11 is 3.76. The molecule has 0 radical (unpaired) electrons. The molecule has 0 atom stereocenters. The van der Waals surface area contributed by atoms with E-state index >= 15 is 0 Å². The number of piperidine rings is 1. The fraction of sp³-hybridized carbons (Fsp3) is 1.00. The van der Waals surface area contributed by atoms with E-state index in [1.807, 2.05) is 0 Å². The average Bonchev–Trinajstić information content (AvgIpc) is 2.39. The Morgan fingerprint density at radius 2 is 1.74 bits per heavy atom. The molecule has 0 N–H and O–H groups in total. The van der Waals surface area contributed by atoms with Crippen LogP contribution in [0, 0.1) is 16.7 Å². The molecule has 2 saturated heterocycles. The monoisotopic (exact) mass is 331 g/mol. The van der Waals surface area contributed by atoms with Crippen LogP contribution in [-0.4, -0.2) is 43.1 Å². The van der Waals surface area contributed by atoms with Crippen molar-refractivity contribution >= 4 is 15.9 Å². The quantitative estimate of drug-likeness (QED) is 0.726. The van der Waals surface area contributed by atoms with Gasteiger partial charge >= 0.3 is 0 Å². The van der Waals surface area contributed by atoms with E-state index in [1.54, 1.807) is 0 Å². The maximum atomic E-state index is 5.54. The Hall–Kier alpha value is 0.400. The second-order valence-corrected chi connectivity index (χ2v) is 8.22. The second kappa shape index (κ2) is 6.44. The number of alkyl halides is 1. The first-order valence-electron chi connectivity index (χ1n) is 7.81. The molecule has 2 rings (SSSR count). The maximum Gasteiger partial charge on any atom is 0.0472 e. The van der Waals surface area contributed by atoms with Gasteiger partial charge in [-0.2, -0.15) is 0 Å². The number of hydrogen-bond acceptors (Lipinski definition) is 2. The van der Waals surface area contributed by atoms with Crippen LogP contribution in [0.15, 0.2) is 0 Å². The summed E-state index contributed by atoms with van der Waals surface area (Å²) in [5.74, 6) is 0.901. The Labute approximate surface area is 127 Å². The van der Waals surface area contributed by atoms with Crippen molar-refractivity contribution in [2.75, 3.05) is 38.2 Å². The number of halogens is 1. The van der Waals surface area contributed by atoms with Crippen LogP contribution in [0.25, 0.3) is 0 Å². The summed E-state index contributed by atoms with van der Waals surface area (Å²) in [6.45, 7) is 12.9. The lowest BCUT2D eigenvalue weighted by Gasteiger charge is -2.44. The van der Waals surface area contributed by atoms with Gasteiger partial charge in [-0.05, 0) is 55.5 Å². The summed E-state index contributed by atoms with van der Waals surface area (Å²) in [6.07, 6.45) is 5.19. The van der Waals surface area contributed by atoms with Crippen molar-refractivity contribution in [2.24, 2.45) is 16.7 Å². The first-order valence-corrected chi connectivity index (χ1v) is 8.93. The molecule has 2 aliphatic heterocycles. The zero-order chi connectivity index (χ0) is 13.9. The number of rotatable bonds is 3. The van der Waals surface area contributed by atoms with E-state index in [0.717, 1.165) is 24.5 Å². The zero-order valence-electron chi connectivity index (χ0n) is 12.9. The van der Waals surface area contributed by atoms with Gasteiger partial charge in [-0.1, -0.05) is 36.7 Å². The van der Waals surface area contributed by atoms with Crippen molar-refractivity contribution in [1.29, 1.82) is 0 Å². The predicted molar refractivity (Wildman–Crippen MR) is 84.9 cm³/mol. The second-order valence-electron chi connectivity index (χ2n) is 7.66. The van der Waals surface area contributed by atoms with Gasteiger partial charge in [0.05, 0.1) is 0 Å². The normalized spacial score (nSPS) is 26.5. The van der Waals surface area contributed by atoms with Gasteiger partial charge < -0.3 is 9.64 Å². The van der Waals surface area contributed by atoms with Crippen LogP contribution in [0.3, 0.4) is 0 Å². The summed E-state index contributed by atoms with van der Waals surface area (Å²) in [7, 11) is 0. The summed E-state index contributed by atoms with van der Waals surface area (Å²) in [5, 5.41) is 1.13. The molecule has 2 aliphatic rings. The van der Waals surface area contributed by atoms with Gasteiger partial charge in [0.25, 0.3) is 0 Å². The van der Waals surface area contributed by atoms with Crippen LogP contribution >= 0.6 is 15.9 Å². The lowest BCUT2D eigenvalue weighted by atomic mass is 9.74. The van der Waals surface area contributed by atoms with Crippen LogP contribution in [-0.2, 0) is 4.74 Å². The first kappa shape index (κ1) is 15.8. The molecule has 0 aromatic rings. The fourth-order valence-electron chi connectivity index (χ4n) is 3.57. The third-order valence-corrected chi connectivity index (χ3v) is 6.40. The maximum absolute atomic E-state index is 5.54. The standard InChI is InChI=1S/C16H30BrNO/c1-15(2,3)14-4-8-18(9-5-14)13-16(12-17)6-10-19-11-7-16/h14H,4-13H2,1-3H3. The van der Waals surface area contributed by atoms with Crippen LogP contribution in [0.4, 0.5) is 0 Å². The van der Waals surface area contributed by atoms with Crippen molar-refractivity contribution in [3.63, 3.8) is 0 Å². The number of likely N-dealkylation sites (tertiary alicyclic amines) is 1. The van der Waals surface area contributed by atoms with Crippen molar-refractivity contribution < 1.29 is 4.74 Å². The Morgan fingerprint density at radius 1 is 1.16 bits per heavy atom. The van der Waals surface area contributed by atoms with Gasteiger partial charge in [0.2, 0.25) is 0 Å². The highest BCUT2D eigenvalue weighted by Crippen LogP contribution is 2.37. The predicted octanol–water partition coefficient (Wildman–Crippen LogP) is 3.94. The Morgan fingerprint density at radius 3 is 2.21 bits per heavy atom. The Bertz CT molecular complexity index is 273. The molecule has 0 amide bonds. The van der Waals surface area contributed by atoms with Crippen LogP contribution in [0.1, 0.15) is 46.5 Å². The zero-order valence-corrected chi connectivity index (χ0v) is 14.5. The lowest BCUT2D eigenvalue weighted by molar-refractivity contribution is -0.00168. The molecule has 0 bridgehead atoms. The highest BCUT2D eigenvalue weighted by Gasteiger charge is 2.36. The summed E-state index contributed by atoms with van der Waals surface area (Å²) < 4.78 is 5.54. The topological polar surface area (TPSA) is 12.5 Å². The van der Waals surface area contributed by atoms with E-state index in [4.69, 9.17) is 4.74 Å². The molecule has 112 valence electrons. The van der Waals surface area contributed by atoms with Gasteiger partial charge in [-0.25, -0.2) is 0 Å². The molecule has 2 nitrogen and oxygen atoms in total. The average molecular weight is 332 g/mol. The Balaban J connectivity index is 1.84. The summed E-state index contributed by atoms with van der Waals surface area (Å²) in [5.41, 5.74) is 0.949. The minimum Gasteiger partial charge on any atom is -0.381 e. The molecule has 2 fully saturated rings.